The molecule has 0 heterocycles. The Morgan fingerprint density at radius 3 is 2.56 bits per heavy atom. The van der Waals surface area contributed by atoms with Gasteiger partial charge in [0.2, 0.25) is 5.91 Å². The Bertz CT molecular complexity index is 333. The van der Waals surface area contributed by atoms with Gasteiger partial charge in [-0.1, -0.05) is 12.1 Å². The van der Waals surface area contributed by atoms with Crippen molar-refractivity contribution < 1.29 is 9.90 Å². The van der Waals surface area contributed by atoms with E-state index in [2.05, 4.69) is 5.32 Å². The van der Waals surface area contributed by atoms with E-state index < -0.39 is 0 Å². The molecule has 1 rings (SSSR count). The second-order valence-electron chi connectivity index (χ2n) is 3.90. The van der Waals surface area contributed by atoms with Gasteiger partial charge in [0.05, 0.1) is 0 Å². The summed E-state index contributed by atoms with van der Waals surface area (Å²) in [6.07, 6.45) is 0.951. The lowest BCUT2D eigenvalue weighted by atomic mass is 10.1. The molecular formula is C12H18N2O2. The van der Waals surface area contributed by atoms with Crippen LogP contribution in [-0.4, -0.2) is 23.7 Å². The zero-order chi connectivity index (χ0) is 12.0. The summed E-state index contributed by atoms with van der Waals surface area (Å²) in [6.45, 7) is 1.93. The molecular weight excluding hydrogens is 204 g/mol. The van der Waals surface area contributed by atoms with Gasteiger partial charge in [0.15, 0.2) is 0 Å². The molecule has 1 aromatic rings. The van der Waals surface area contributed by atoms with Crippen LogP contribution in [0.4, 0.5) is 5.69 Å². The van der Waals surface area contributed by atoms with Crippen LogP contribution in [0, 0.1) is 0 Å². The minimum Gasteiger partial charge on any atom is -0.396 e. The molecule has 1 atom stereocenters. The van der Waals surface area contributed by atoms with Crippen molar-refractivity contribution in [3.8, 4) is 0 Å². The third kappa shape index (κ3) is 4.42. The first-order valence-corrected chi connectivity index (χ1v) is 5.37. The Labute approximate surface area is 95.5 Å². The first kappa shape index (κ1) is 12.7. The van der Waals surface area contributed by atoms with Gasteiger partial charge in [-0.3, -0.25) is 4.79 Å². The number of hydrogen-bond acceptors (Lipinski definition) is 3. The van der Waals surface area contributed by atoms with E-state index in [1.54, 1.807) is 6.92 Å². The smallest absolute Gasteiger partial charge is 0.225 e. The van der Waals surface area contributed by atoms with Gasteiger partial charge in [-0.05, 0) is 31.0 Å². The summed E-state index contributed by atoms with van der Waals surface area (Å²) in [4.78, 5) is 11.4. The summed E-state index contributed by atoms with van der Waals surface area (Å²) in [6, 6.07) is 7.29. The maximum absolute atomic E-state index is 11.4. The van der Waals surface area contributed by atoms with Crippen molar-refractivity contribution in [1.29, 1.82) is 0 Å². The number of aliphatic hydroxyl groups excluding tert-OH is 1. The maximum atomic E-state index is 11.4. The predicted molar refractivity (Wildman–Crippen MR) is 64.1 cm³/mol. The number of amides is 1. The van der Waals surface area contributed by atoms with Gasteiger partial charge >= 0.3 is 0 Å². The number of hydrogen-bond donors (Lipinski definition) is 3. The molecule has 16 heavy (non-hydrogen) atoms. The quantitative estimate of drug-likeness (QED) is 0.692. The van der Waals surface area contributed by atoms with E-state index in [-0.39, 0.29) is 18.6 Å². The lowest BCUT2D eigenvalue weighted by molar-refractivity contribution is -0.116. The monoisotopic (exact) mass is 222 g/mol. The SMILES string of the molecule is CC(N)CC(=O)Nc1ccc(CCO)cc1. The Balaban J connectivity index is 2.51. The first-order chi connectivity index (χ1) is 7.61. The van der Waals surface area contributed by atoms with Crippen molar-refractivity contribution >= 4 is 11.6 Å². The average molecular weight is 222 g/mol. The minimum atomic E-state index is -0.131. The van der Waals surface area contributed by atoms with Gasteiger partial charge in [0, 0.05) is 24.8 Å². The lowest BCUT2D eigenvalue weighted by Crippen LogP contribution is -2.23. The molecule has 0 radical (unpaired) electrons. The van der Waals surface area contributed by atoms with Crippen molar-refractivity contribution in [3.63, 3.8) is 0 Å². The number of nitrogens with one attached hydrogen (secondary N) is 1. The lowest BCUT2D eigenvalue weighted by Gasteiger charge is -2.07. The summed E-state index contributed by atoms with van der Waals surface area (Å²) in [7, 11) is 0. The summed E-state index contributed by atoms with van der Waals surface area (Å²) < 4.78 is 0. The van der Waals surface area contributed by atoms with Crippen LogP contribution in [-0.2, 0) is 11.2 Å². The Morgan fingerprint density at radius 2 is 2.06 bits per heavy atom. The number of carbonyl (C=O) groups excluding carboxylic acids is 1. The fourth-order valence-corrected chi connectivity index (χ4v) is 1.39. The van der Waals surface area contributed by atoms with E-state index in [1.807, 2.05) is 24.3 Å². The highest BCUT2D eigenvalue weighted by Gasteiger charge is 2.05. The molecule has 0 aliphatic carbocycles. The van der Waals surface area contributed by atoms with E-state index >= 15 is 0 Å². The number of benzene rings is 1. The second-order valence-corrected chi connectivity index (χ2v) is 3.90. The van der Waals surface area contributed by atoms with Crippen molar-refractivity contribution in [1.82, 2.24) is 0 Å². The van der Waals surface area contributed by atoms with Crippen LogP contribution >= 0.6 is 0 Å². The third-order valence-corrected chi connectivity index (χ3v) is 2.15. The van der Waals surface area contributed by atoms with E-state index in [1.165, 1.54) is 0 Å². The van der Waals surface area contributed by atoms with Crippen LogP contribution in [0.1, 0.15) is 18.9 Å². The molecule has 0 aliphatic rings. The van der Waals surface area contributed by atoms with Crippen molar-refractivity contribution in [3.05, 3.63) is 29.8 Å². The molecule has 1 unspecified atom stereocenters. The van der Waals surface area contributed by atoms with Gasteiger partial charge in [-0.15, -0.1) is 0 Å². The molecule has 4 N–H and O–H groups in total. The van der Waals surface area contributed by atoms with Gasteiger partial charge in [-0.25, -0.2) is 0 Å². The third-order valence-electron chi connectivity index (χ3n) is 2.15. The van der Waals surface area contributed by atoms with Crippen LogP contribution in [0.15, 0.2) is 24.3 Å². The van der Waals surface area contributed by atoms with E-state index in [0.29, 0.717) is 12.8 Å². The van der Waals surface area contributed by atoms with Crippen LogP contribution in [0.2, 0.25) is 0 Å². The van der Waals surface area contributed by atoms with Gasteiger partial charge in [-0.2, -0.15) is 0 Å². The van der Waals surface area contributed by atoms with E-state index in [9.17, 15) is 4.79 Å². The molecule has 1 amide bonds. The molecule has 4 nitrogen and oxygen atoms in total. The number of rotatable bonds is 5. The summed E-state index contributed by atoms with van der Waals surface area (Å²) in [5.41, 5.74) is 7.33. The van der Waals surface area contributed by atoms with E-state index in [0.717, 1.165) is 11.3 Å². The normalized spacial score (nSPS) is 12.2. The summed E-state index contributed by atoms with van der Waals surface area (Å²) >= 11 is 0. The zero-order valence-corrected chi connectivity index (χ0v) is 9.44. The standard InChI is InChI=1S/C12H18N2O2/c1-9(13)8-12(16)14-11-4-2-10(3-5-11)6-7-15/h2-5,9,15H,6-8,13H2,1H3,(H,14,16). The molecule has 88 valence electrons. The number of nitrogens with two attached hydrogens (primary N) is 1. The fraction of sp³-hybridized carbons (Fsp3) is 0.417. The van der Waals surface area contributed by atoms with Gasteiger partial charge in [0.1, 0.15) is 0 Å². The second kappa shape index (κ2) is 6.25. The zero-order valence-electron chi connectivity index (χ0n) is 9.44. The van der Waals surface area contributed by atoms with E-state index in [4.69, 9.17) is 10.8 Å². The highest BCUT2D eigenvalue weighted by Crippen LogP contribution is 2.10. The molecule has 0 saturated carbocycles. The van der Waals surface area contributed by atoms with Crippen LogP contribution in [0.5, 0.6) is 0 Å². The highest BCUT2D eigenvalue weighted by molar-refractivity contribution is 5.91. The Kier molecular flexibility index (Phi) is 4.95. The molecule has 0 aromatic heterocycles. The molecule has 0 aliphatic heterocycles. The Hall–Kier alpha value is -1.39. The summed E-state index contributed by atoms with van der Waals surface area (Å²) in [5, 5.41) is 11.5. The maximum Gasteiger partial charge on any atom is 0.225 e. The summed E-state index contributed by atoms with van der Waals surface area (Å²) in [5.74, 6) is -0.0788. The van der Waals surface area contributed by atoms with Crippen LogP contribution in [0.25, 0.3) is 0 Å². The topological polar surface area (TPSA) is 75.4 Å². The predicted octanol–water partition coefficient (Wildman–Crippen LogP) is 0.897. The minimum absolute atomic E-state index is 0.0788. The molecule has 0 fully saturated rings. The van der Waals surface area contributed by atoms with Crippen molar-refractivity contribution in [2.45, 2.75) is 25.8 Å². The molecule has 1 aromatic carbocycles. The Morgan fingerprint density at radius 1 is 1.44 bits per heavy atom. The number of aliphatic hydroxyl groups is 1. The largest absolute Gasteiger partial charge is 0.396 e. The fourth-order valence-electron chi connectivity index (χ4n) is 1.39. The van der Waals surface area contributed by atoms with Gasteiger partial charge < -0.3 is 16.2 Å². The number of carbonyl (C=O) groups is 1. The van der Waals surface area contributed by atoms with Crippen molar-refractivity contribution in [2.75, 3.05) is 11.9 Å². The number of anilines is 1. The molecule has 0 saturated heterocycles. The highest BCUT2D eigenvalue weighted by atomic mass is 16.2. The van der Waals surface area contributed by atoms with Gasteiger partial charge in [0.25, 0.3) is 0 Å². The van der Waals surface area contributed by atoms with Crippen molar-refractivity contribution in [2.24, 2.45) is 5.73 Å². The average Bonchev–Trinajstić information content (AvgIpc) is 2.20. The van der Waals surface area contributed by atoms with Crippen LogP contribution < -0.4 is 11.1 Å². The van der Waals surface area contributed by atoms with Crippen LogP contribution in [0.3, 0.4) is 0 Å². The molecule has 4 heteroatoms. The molecule has 0 spiro atoms. The molecule has 0 bridgehead atoms. The first-order valence-electron chi connectivity index (χ1n) is 5.37.